The second-order valence-corrected chi connectivity index (χ2v) is 5.76. The van der Waals surface area contributed by atoms with E-state index in [9.17, 15) is 14.7 Å². The number of carbonyl (C=O) groups is 2. The van der Waals surface area contributed by atoms with Gasteiger partial charge >= 0.3 is 5.97 Å². The molecule has 1 amide bonds. The van der Waals surface area contributed by atoms with Crippen LogP contribution in [0.2, 0.25) is 4.34 Å². The SMILES string of the molecule is Nc1ccc(C(=O)NC(C(=O)O)c2ccc(Cl)s2)cc1. The average Bonchev–Trinajstić information content (AvgIpc) is 2.82. The molecule has 0 spiro atoms. The zero-order valence-corrected chi connectivity index (χ0v) is 11.7. The molecule has 0 aliphatic carbocycles. The molecule has 5 nitrogen and oxygen atoms in total. The van der Waals surface area contributed by atoms with Gasteiger partial charge in [-0.25, -0.2) is 4.79 Å². The van der Waals surface area contributed by atoms with Crippen molar-refractivity contribution in [1.82, 2.24) is 5.32 Å². The molecule has 104 valence electrons. The van der Waals surface area contributed by atoms with Crippen LogP contribution in [0.25, 0.3) is 0 Å². The molecule has 1 atom stereocenters. The molecule has 0 aliphatic rings. The topological polar surface area (TPSA) is 92.4 Å². The van der Waals surface area contributed by atoms with Crippen LogP contribution in [0.5, 0.6) is 0 Å². The molecule has 0 aliphatic heterocycles. The van der Waals surface area contributed by atoms with Crippen LogP contribution in [0, 0.1) is 0 Å². The third-order valence-corrected chi connectivity index (χ3v) is 3.87. The van der Waals surface area contributed by atoms with Gasteiger partial charge in [0.15, 0.2) is 6.04 Å². The van der Waals surface area contributed by atoms with Crippen molar-refractivity contribution in [2.24, 2.45) is 0 Å². The number of nitrogen functional groups attached to an aromatic ring is 1. The largest absolute Gasteiger partial charge is 0.479 e. The van der Waals surface area contributed by atoms with Crippen molar-refractivity contribution in [3.8, 4) is 0 Å². The zero-order valence-electron chi connectivity index (χ0n) is 10.2. The predicted molar refractivity (Wildman–Crippen MR) is 78.0 cm³/mol. The van der Waals surface area contributed by atoms with Crippen molar-refractivity contribution in [3.05, 3.63) is 51.2 Å². The number of benzene rings is 1. The number of thiophene rings is 1. The lowest BCUT2D eigenvalue weighted by Gasteiger charge is -2.13. The van der Waals surface area contributed by atoms with Crippen molar-refractivity contribution < 1.29 is 14.7 Å². The number of rotatable bonds is 4. The standard InChI is InChI=1S/C13H11ClN2O3S/c14-10-6-5-9(20-10)11(13(18)19)16-12(17)7-1-3-8(15)4-2-7/h1-6,11H,15H2,(H,16,17)(H,18,19). The Bertz CT molecular complexity index is 639. The first kappa shape index (κ1) is 14.4. The first-order valence-corrected chi connectivity index (χ1v) is 6.81. The lowest BCUT2D eigenvalue weighted by molar-refractivity contribution is -0.139. The summed E-state index contributed by atoms with van der Waals surface area (Å²) < 4.78 is 0.466. The molecule has 0 fully saturated rings. The van der Waals surface area contributed by atoms with Crippen LogP contribution < -0.4 is 11.1 Å². The second-order valence-electron chi connectivity index (χ2n) is 4.01. The van der Waals surface area contributed by atoms with E-state index < -0.39 is 17.9 Å². The summed E-state index contributed by atoms with van der Waals surface area (Å²) in [5, 5.41) is 11.7. The fraction of sp³-hybridized carbons (Fsp3) is 0.0769. The minimum Gasteiger partial charge on any atom is -0.479 e. The van der Waals surface area contributed by atoms with E-state index in [-0.39, 0.29) is 0 Å². The first-order valence-electron chi connectivity index (χ1n) is 5.62. The van der Waals surface area contributed by atoms with Gasteiger partial charge < -0.3 is 16.2 Å². The highest BCUT2D eigenvalue weighted by atomic mass is 35.5. The van der Waals surface area contributed by atoms with Gasteiger partial charge in [0.1, 0.15) is 0 Å². The van der Waals surface area contributed by atoms with Gasteiger partial charge in [0, 0.05) is 16.1 Å². The number of nitrogens with two attached hydrogens (primary N) is 1. The molecule has 4 N–H and O–H groups in total. The number of carboxylic acid groups (broad SMARTS) is 1. The minimum absolute atomic E-state index is 0.341. The normalized spacial score (nSPS) is 11.8. The van der Waals surface area contributed by atoms with E-state index in [2.05, 4.69) is 5.32 Å². The molecular weight excluding hydrogens is 300 g/mol. The van der Waals surface area contributed by atoms with Crippen molar-refractivity contribution >= 4 is 40.5 Å². The molecule has 0 radical (unpaired) electrons. The Morgan fingerprint density at radius 3 is 2.35 bits per heavy atom. The molecule has 0 saturated carbocycles. The molecule has 7 heteroatoms. The smallest absolute Gasteiger partial charge is 0.331 e. The van der Waals surface area contributed by atoms with E-state index in [1.165, 1.54) is 12.1 Å². The van der Waals surface area contributed by atoms with Crippen LogP contribution in [0.3, 0.4) is 0 Å². The van der Waals surface area contributed by atoms with Gasteiger partial charge in [-0.1, -0.05) is 11.6 Å². The molecule has 1 unspecified atom stereocenters. The summed E-state index contributed by atoms with van der Waals surface area (Å²) in [5.74, 6) is -1.63. The number of carbonyl (C=O) groups excluding carboxylic acids is 1. The summed E-state index contributed by atoms with van der Waals surface area (Å²) in [6.07, 6.45) is 0. The maximum atomic E-state index is 12.0. The van der Waals surface area contributed by atoms with Crippen LogP contribution in [0.1, 0.15) is 21.3 Å². The van der Waals surface area contributed by atoms with Crippen LogP contribution in [0.15, 0.2) is 36.4 Å². The molecule has 0 bridgehead atoms. The molecule has 2 rings (SSSR count). The number of halogens is 1. The zero-order chi connectivity index (χ0) is 14.7. The predicted octanol–water partition coefficient (Wildman–Crippen LogP) is 2.54. The van der Waals surface area contributed by atoms with Crippen molar-refractivity contribution in [2.75, 3.05) is 5.73 Å². The molecule has 1 aromatic carbocycles. The molecular formula is C13H11ClN2O3S. The van der Waals surface area contributed by atoms with E-state index in [1.807, 2.05) is 0 Å². The van der Waals surface area contributed by atoms with Gasteiger partial charge in [0.05, 0.1) is 4.34 Å². The monoisotopic (exact) mass is 310 g/mol. The Hall–Kier alpha value is -2.05. The lowest BCUT2D eigenvalue weighted by atomic mass is 10.1. The number of anilines is 1. The number of amides is 1. The summed E-state index contributed by atoms with van der Waals surface area (Å²) in [4.78, 5) is 23.7. The molecule has 20 heavy (non-hydrogen) atoms. The van der Waals surface area contributed by atoms with Gasteiger partial charge in [-0.3, -0.25) is 4.79 Å². The van der Waals surface area contributed by atoms with Gasteiger partial charge in [-0.05, 0) is 36.4 Å². The van der Waals surface area contributed by atoms with E-state index >= 15 is 0 Å². The summed E-state index contributed by atoms with van der Waals surface area (Å²) in [6.45, 7) is 0. The molecule has 1 aromatic heterocycles. The fourth-order valence-corrected chi connectivity index (χ4v) is 2.69. The van der Waals surface area contributed by atoms with Crippen LogP contribution in [0.4, 0.5) is 5.69 Å². The number of nitrogens with one attached hydrogen (secondary N) is 1. The molecule has 2 aromatic rings. The Kier molecular flexibility index (Phi) is 4.26. The number of aliphatic carboxylic acids is 1. The third kappa shape index (κ3) is 3.28. The Labute approximate surface area is 124 Å². The fourth-order valence-electron chi connectivity index (χ4n) is 1.59. The van der Waals surface area contributed by atoms with Crippen molar-refractivity contribution in [2.45, 2.75) is 6.04 Å². The Balaban J connectivity index is 2.18. The van der Waals surface area contributed by atoms with E-state index in [4.69, 9.17) is 17.3 Å². The van der Waals surface area contributed by atoms with Crippen molar-refractivity contribution in [1.29, 1.82) is 0 Å². The van der Waals surface area contributed by atoms with E-state index in [1.54, 1.807) is 24.3 Å². The maximum Gasteiger partial charge on any atom is 0.331 e. The van der Waals surface area contributed by atoms with Gasteiger partial charge in [-0.2, -0.15) is 0 Å². The van der Waals surface area contributed by atoms with E-state index in [0.29, 0.717) is 20.5 Å². The third-order valence-electron chi connectivity index (χ3n) is 2.57. The highest BCUT2D eigenvalue weighted by Gasteiger charge is 2.24. The highest BCUT2D eigenvalue weighted by molar-refractivity contribution is 7.16. The average molecular weight is 311 g/mol. The molecule has 0 saturated heterocycles. The maximum absolute atomic E-state index is 12.0. The number of hydrogen-bond acceptors (Lipinski definition) is 4. The second kappa shape index (κ2) is 5.94. The summed E-state index contributed by atoms with van der Waals surface area (Å²) in [6, 6.07) is 8.26. The van der Waals surface area contributed by atoms with Crippen LogP contribution >= 0.6 is 22.9 Å². The number of carboxylic acids is 1. The quantitative estimate of drug-likeness (QED) is 0.757. The summed E-state index contributed by atoms with van der Waals surface area (Å²) in [7, 11) is 0. The molecule has 1 heterocycles. The van der Waals surface area contributed by atoms with Gasteiger partial charge in [-0.15, -0.1) is 11.3 Å². The number of hydrogen-bond donors (Lipinski definition) is 3. The van der Waals surface area contributed by atoms with Crippen molar-refractivity contribution in [3.63, 3.8) is 0 Å². The van der Waals surface area contributed by atoms with E-state index in [0.717, 1.165) is 11.3 Å². The van der Waals surface area contributed by atoms with Crippen LogP contribution in [-0.2, 0) is 4.79 Å². The lowest BCUT2D eigenvalue weighted by Crippen LogP contribution is -2.33. The highest BCUT2D eigenvalue weighted by Crippen LogP contribution is 2.27. The Morgan fingerprint density at radius 1 is 1.20 bits per heavy atom. The first-order chi connectivity index (χ1) is 9.47. The summed E-state index contributed by atoms with van der Waals surface area (Å²) >= 11 is 6.89. The van der Waals surface area contributed by atoms with Crippen LogP contribution in [-0.4, -0.2) is 17.0 Å². The van der Waals surface area contributed by atoms with Gasteiger partial charge in [0.2, 0.25) is 0 Å². The summed E-state index contributed by atoms with van der Waals surface area (Å²) in [5.41, 5.74) is 6.40. The Morgan fingerprint density at radius 2 is 1.85 bits per heavy atom. The van der Waals surface area contributed by atoms with Gasteiger partial charge in [0.25, 0.3) is 5.91 Å². The minimum atomic E-state index is -1.15.